The predicted octanol–water partition coefficient (Wildman–Crippen LogP) is 2.31. The summed E-state index contributed by atoms with van der Waals surface area (Å²) in [5, 5.41) is 11.2. The third-order valence-electron chi connectivity index (χ3n) is 4.05. The van der Waals surface area contributed by atoms with Crippen LogP contribution in [0.3, 0.4) is 0 Å². The quantitative estimate of drug-likeness (QED) is 0.675. The van der Waals surface area contributed by atoms with E-state index < -0.39 is 0 Å². The fourth-order valence-corrected chi connectivity index (χ4v) is 2.75. The van der Waals surface area contributed by atoms with E-state index >= 15 is 0 Å². The number of nitro groups is 1. The van der Waals surface area contributed by atoms with Gasteiger partial charge in [-0.25, -0.2) is 0 Å². The molecule has 1 aliphatic rings. The van der Waals surface area contributed by atoms with Crippen LogP contribution in [-0.4, -0.2) is 31.2 Å². The number of nitro benzene ring substituents is 1. The van der Waals surface area contributed by atoms with E-state index in [-0.39, 0.29) is 16.7 Å². The number of ether oxygens (including phenoxy) is 1. The highest BCUT2D eigenvalue weighted by Gasteiger charge is 2.26. The summed E-state index contributed by atoms with van der Waals surface area (Å²) in [6.45, 7) is 0. The van der Waals surface area contributed by atoms with Gasteiger partial charge in [-0.1, -0.05) is 0 Å². The molecule has 2 N–H and O–H groups in total. The number of nitrogens with two attached hydrogens (primary N) is 1. The van der Waals surface area contributed by atoms with Gasteiger partial charge in [-0.3, -0.25) is 10.1 Å². The molecule has 0 atom stereocenters. The molecule has 0 bridgehead atoms. The van der Waals surface area contributed by atoms with E-state index in [9.17, 15) is 10.1 Å². The topological polar surface area (TPSA) is 81.6 Å². The second kappa shape index (κ2) is 6.09. The van der Waals surface area contributed by atoms with Crippen molar-refractivity contribution in [2.24, 2.45) is 5.73 Å². The Bertz CT molecular complexity index is 485. The summed E-state index contributed by atoms with van der Waals surface area (Å²) in [6.07, 6.45) is 3.86. The highest BCUT2D eigenvalue weighted by atomic mass is 16.6. The molecule has 0 radical (unpaired) electrons. The Morgan fingerprint density at radius 3 is 2.55 bits per heavy atom. The molecule has 0 amide bonds. The van der Waals surface area contributed by atoms with Crippen LogP contribution in [0.2, 0.25) is 0 Å². The minimum Gasteiger partial charge on any atom is -0.497 e. The molecule has 1 aromatic carbocycles. The smallest absolute Gasteiger partial charge is 0.292 e. The van der Waals surface area contributed by atoms with E-state index in [2.05, 4.69) is 0 Å². The summed E-state index contributed by atoms with van der Waals surface area (Å²) < 4.78 is 5.17. The van der Waals surface area contributed by atoms with Crippen molar-refractivity contribution in [1.29, 1.82) is 0 Å². The van der Waals surface area contributed by atoms with Crippen LogP contribution >= 0.6 is 0 Å². The highest BCUT2D eigenvalue weighted by Crippen LogP contribution is 2.35. The van der Waals surface area contributed by atoms with Crippen molar-refractivity contribution >= 4 is 11.4 Å². The molecule has 0 saturated heterocycles. The van der Waals surface area contributed by atoms with Crippen molar-refractivity contribution in [3.8, 4) is 5.75 Å². The second-order valence-corrected chi connectivity index (χ2v) is 5.29. The van der Waals surface area contributed by atoms with E-state index in [1.165, 1.54) is 6.07 Å². The highest BCUT2D eigenvalue weighted by molar-refractivity contribution is 5.66. The normalized spacial score (nSPS) is 22.4. The first-order chi connectivity index (χ1) is 9.52. The molecule has 6 nitrogen and oxygen atoms in total. The Kier molecular flexibility index (Phi) is 4.44. The lowest BCUT2D eigenvalue weighted by atomic mass is 9.90. The summed E-state index contributed by atoms with van der Waals surface area (Å²) in [6, 6.07) is 5.40. The zero-order valence-electron chi connectivity index (χ0n) is 11.9. The Morgan fingerprint density at radius 2 is 2.00 bits per heavy atom. The van der Waals surface area contributed by atoms with Crippen LogP contribution in [0.15, 0.2) is 18.2 Å². The molecule has 6 heteroatoms. The number of methoxy groups -OCH3 is 1. The van der Waals surface area contributed by atoms with Crippen LogP contribution in [0.5, 0.6) is 5.75 Å². The Hall–Kier alpha value is -1.82. The minimum absolute atomic E-state index is 0.114. The summed E-state index contributed by atoms with van der Waals surface area (Å²) in [7, 11) is 3.47. The fraction of sp³-hybridized carbons (Fsp3) is 0.571. The average Bonchev–Trinajstić information content (AvgIpc) is 2.46. The van der Waals surface area contributed by atoms with Gasteiger partial charge in [-0.2, -0.15) is 0 Å². The van der Waals surface area contributed by atoms with Gasteiger partial charge in [0.1, 0.15) is 11.4 Å². The molecule has 1 fully saturated rings. The molecule has 1 saturated carbocycles. The molecule has 1 aromatic rings. The van der Waals surface area contributed by atoms with Crippen molar-refractivity contribution in [3.05, 3.63) is 28.3 Å². The van der Waals surface area contributed by atoms with Gasteiger partial charge < -0.3 is 15.4 Å². The van der Waals surface area contributed by atoms with E-state index in [0.29, 0.717) is 17.5 Å². The summed E-state index contributed by atoms with van der Waals surface area (Å²) in [4.78, 5) is 12.8. The van der Waals surface area contributed by atoms with Crippen LogP contribution in [0.25, 0.3) is 0 Å². The minimum atomic E-state index is -0.347. The molecule has 0 unspecified atom stereocenters. The van der Waals surface area contributed by atoms with E-state index in [0.717, 1.165) is 25.7 Å². The molecule has 0 heterocycles. The molecule has 20 heavy (non-hydrogen) atoms. The molecular weight excluding hydrogens is 258 g/mol. The third kappa shape index (κ3) is 3.01. The lowest BCUT2D eigenvalue weighted by molar-refractivity contribution is -0.384. The summed E-state index contributed by atoms with van der Waals surface area (Å²) in [5.74, 6) is 0.630. The number of anilines is 1. The van der Waals surface area contributed by atoms with Gasteiger partial charge in [0.2, 0.25) is 0 Å². The van der Waals surface area contributed by atoms with E-state index in [1.54, 1.807) is 19.2 Å². The lowest BCUT2D eigenvalue weighted by Gasteiger charge is -2.34. The van der Waals surface area contributed by atoms with Crippen molar-refractivity contribution in [1.82, 2.24) is 0 Å². The largest absolute Gasteiger partial charge is 0.497 e. The standard InChI is InChI=1S/C14H21N3O3/c1-16(11-5-3-10(15)4-6-11)14-9-12(20-2)7-8-13(14)17(18)19/h7-11H,3-6,15H2,1-2H3. The van der Waals surface area contributed by atoms with Crippen molar-refractivity contribution in [2.45, 2.75) is 37.8 Å². The van der Waals surface area contributed by atoms with Crippen molar-refractivity contribution < 1.29 is 9.66 Å². The molecule has 0 aromatic heterocycles. The van der Waals surface area contributed by atoms with Crippen LogP contribution in [0.1, 0.15) is 25.7 Å². The van der Waals surface area contributed by atoms with Gasteiger partial charge in [0.15, 0.2) is 0 Å². The maximum absolute atomic E-state index is 11.2. The third-order valence-corrected chi connectivity index (χ3v) is 4.05. The van der Waals surface area contributed by atoms with Crippen LogP contribution in [0.4, 0.5) is 11.4 Å². The van der Waals surface area contributed by atoms with Crippen LogP contribution in [-0.2, 0) is 0 Å². The number of benzene rings is 1. The number of hydrogen-bond acceptors (Lipinski definition) is 5. The first-order valence-electron chi connectivity index (χ1n) is 6.83. The Morgan fingerprint density at radius 1 is 1.35 bits per heavy atom. The first kappa shape index (κ1) is 14.6. The summed E-state index contributed by atoms with van der Waals surface area (Å²) >= 11 is 0. The second-order valence-electron chi connectivity index (χ2n) is 5.29. The molecule has 1 aliphatic carbocycles. The molecule has 2 rings (SSSR count). The van der Waals surface area contributed by atoms with Gasteiger partial charge >= 0.3 is 0 Å². The Balaban J connectivity index is 2.27. The molecule has 110 valence electrons. The van der Waals surface area contributed by atoms with Gasteiger partial charge in [0.25, 0.3) is 5.69 Å². The van der Waals surface area contributed by atoms with Crippen molar-refractivity contribution in [3.63, 3.8) is 0 Å². The maximum Gasteiger partial charge on any atom is 0.292 e. The maximum atomic E-state index is 11.2. The van der Waals surface area contributed by atoms with Gasteiger partial charge in [-0.05, 0) is 31.7 Å². The van der Waals surface area contributed by atoms with Crippen LogP contribution in [0, 0.1) is 10.1 Å². The number of rotatable bonds is 4. The molecule has 0 aliphatic heterocycles. The number of hydrogen-bond donors (Lipinski definition) is 1. The Labute approximate surface area is 118 Å². The average molecular weight is 279 g/mol. The van der Waals surface area contributed by atoms with Gasteiger partial charge in [0, 0.05) is 31.3 Å². The van der Waals surface area contributed by atoms with Crippen molar-refractivity contribution in [2.75, 3.05) is 19.1 Å². The zero-order valence-corrected chi connectivity index (χ0v) is 11.9. The first-order valence-corrected chi connectivity index (χ1v) is 6.83. The van der Waals surface area contributed by atoms with E-state index in [1.807, 2.05) is 11.9 Å². The monoisotopic (exact) mass is 279 g/mol. The SMILES string of the molecule is COc1ccc([N+](=O)[O-])c(N(C)C2CCC(N)CC2)c1. The van der Waals surface area contributed by atoms with Crippen LogP contribution < -0.4 is 15.4 Å². The molecule has 0 spiro atoms. The summed E-state index contributed by atoms with van der Waals surface area (Å²) in [5.41, 5.74) is 6.63. The lowest BCUT2D eigenvalue weighted by Crippen LogP contribution is -2.39. The van der Waals surface area contributed by atoms with Gasteiger partial charge in [-0.15, -0.1) is 0 Å². The molecular formula is C14H21N3O3. The predicted molar refractivity (Wildman–Crippen MR) is 78.3 cm³/mol. The fourth-order valence-electron chi connectivity index (χ4n) is 2.75. The number of nitrogens with zero attached hydrogens (tertiary/aromatic N) is 2. The van der Waals surface area contributed by atoms with E-state index in [4.69, 9.17) is 10.5 Å². The van der Waals surface area contributed by atoms with Gasteiger partial charge in [0.05, 0.1) is 12.0 Å². The zero-order chi connectivity index (χ0) is 14.7.